The van der Waals surface area contributed by atoms with Crippen molar-refractivity contribution in [3.8, 4) is 0 Å². The Morgan fingerprint density at radius 2 is 1.59 bits per heavy atom. The van der Waals surface area contributed by atoms with E-state index >= 15 is 0 Å². The van der Waals surface area contributed by atoms with E-state index in [1.807, 2.05) is 44.2 Å². The van der Waals surface area contributed by atoms with Crippen LogP contribution in [0.3, 0.4) is 0 Å². The number of hydrogen-bond acceptors (Lipinski definition) is 8. The largest absolute Gasteiger partial charge is 0.461 e. The number of carbonyl (C=O) groups excluding carboxylic acids is 7. The Hall–Kier alpha value is -4.49. The second-order valence-electron chi connectivity index (χ2n) is 14.4. The van der Waals surface area contributed by atoms with Gasteiger partial charge in [0.25, 0.3) is 0 Å². The minimum absolute atomic E-state index is 0.0273. The standard InChI is InChI=1S/C37H52N6O8/c1-4-5-16-31(44)39-26(20-25-12-7-6-8-13-25)32(45)40-27-22-51-37(50)30-19-23(2)21-43(30)34(47)24(3)38-33(46)28-14-9-10-17-41(28)36(49)29-15-11-18-42(29)35(27)48/h6-8,12-13,23-24,26-30H,4-5,9-11,14-22H2,1-3H3,(H,38,46)(H,39,44)(H,40,45)/t23-,24+,26+,27+,28+,29+,30+/m1/s1. The summed E-state index contributed by atoms with van der Waals surface area (Å²) < 4.78 is 5.72. The maximum absolute atomic E-state index is 14.4. The van der Waals surface area contributed by atoms with Crippen LogP contribution < -0.4 is 16.0 Å². The number of rotatable bonds is 8. The molecule has 4 heterocycles. The number of carbonyl (C=O) groups is 7. The lowest BCUT2D eigenvalue weighted by molar-refractivity contribution is -0.158. The maximum Gasteiger partial charge on any atom is 0.328 e. The summed E-state index contributed by atoms with van der Waals surface area (Å²) in [6.45, 7) is 5.76. The van der Waals surface area contributed by atoms with Crippen LogP contribution in [-0.4, -0.2) is 119 Å². The lowest BCUT2D eigenvalue weighted by Crippen LogP contribution is -2.62. The van der Waals surface area contributed by atoms with E-state index in [2.05, 4.69) is 16.0 Å². The number of fused-ring (bicyclic) bond motifs is 3. The summed E-state index contributed by atoms with van der Waals surface area (Å²) in [5.41, 5.74) is 0.795. The van der Waals surface area contributed by atoms with Gasteiger partial charge in [-0.05, 0) is 63.4 Å². The molecule has 0 aromatic heterocycles. The van der Waals surface area contributed by atoms with Gasteiger partial charge in [0.15, 0.2) is 0 Å². The average molecular weight is 709 g/mol. The summed E-state index contributed by atoms with van der Waals surface area (Å²) in [7, 11) is 0. The zero-order chi connectivity index (χ0) is 36.7. The third kappa shape index (κ3) is 9.06. The molecule has 0 radical (unpaired) electrons. The molecule has 1 aromatic rings. The number of cyclic esters (lactones) is 1. The molecule has 4 aliphatic heterocycles. The van der Waals surface area contributed by atoms with Crippen LogP contribution in [0.1, 0.15) is 84.1 Å². The molecule has 4 fully saturated rings. The van der Waals surface area contributed by atoms with Gasteiger partial charge in [0.05, 0.1) is 0 Å². The van der Waals surface area contributed by atoms with Crippen molar-refractivity contribution in [2.75, 3.05) is 26.2 Å². The molecular weight excluding hydrogens is 656 g/mol. The first-order valence-electron chi connectivity index (χ1n) is 18.5. The SMILES string of the molecule is CCCCC(=O)N[C@@H](Cc1ccccc1)C(=O)N[C@H]1COC(=O)[C@@H]2C[C@@H](C)CN2C(=O)[C@H](C)NC(=O)[C@@H]2CCCCN2C(=O)[C@@H]2CCCN2C1=O. The van der Waals surface area contributed by atoms with Gasteiger partial charge >= 0.3 is 5.97 Å². The fourth-order valence-electron chi connectivity index (χ4n) is 7.65. The minimum Gasteiger partial charge on any atom is -0.461 e. The smallest absolute Gasteiger partial charge is 0.328 e. The summed E-state index contributed by atoms with van der Waals surface area (Å²) in [4.78, 5) is 101. The molecule has 4 aliphatic rings. The topological polar surface area (TPSA) is 175 Å². The van der Waals surface area contributed by atoms with E-state index in [9.17, 15) is 33.6 Å². The van der Waals surface area contributed by atoms with Crippen molar-refractivity contribution in [1.82, 2.24) is 30.7 Å². The van der Waals surface area contributed by atoms with Crippen LogP contribution in [0.5, 0.6) is 0 Å². The number of nitrogens with zero attached hydrogens (tertiary/aromatic N) is 3. The first kappa shape index (κ1) is 37.8. The third-order valence-corrected chi connectivity index (χ3v) is 10.4. The molecule has 7 atom stereocenters. The van der Waals surface area contributed by atoms with E-state index in [-0.39, 0.29) is 43.7 Å². The Labute approximate surface area is 299 Å². The first-order chi connectivity index (χ1) is 24.5. The fourth-order valence-corrected chi connectivity index (χ4v) is 7.65. The van der Waals surface area contributed by atoms with Crippen molar-refractivity contribution in [3.63, 3.8) is 0 Å². The summed E-state index contributed by atoms with van der Waals surface area (Å²) in [6.07, 6.45) is 4.89. The Kier molecular flexibility index (Phi) is 12.7. The summed E-state index contributed by atoms with van der Waals surface area (Å²) in [5, 5.41) is 8.36. The second-order valence-corrected chi connectivity index (χ2v) is 14.4. The Bertz CT molecular complexity index is 1470. The Morgan fingerprint density at radius 3 is 2.33 bits per heavy atom. The van der Waals surface area contributed by atoms with Crippen LogP contribution in [-0.2, 0) is 44.7 Å². The average Bonchev–Trinajstić information content (AvgIpc) is 3.78. The van der Waals surface area contributed by atoms with Gasteiger partial charge in [-0.2, -0.15) is 0 Å². The summed E-state index contributed by atoms with van der Waals surface area (Å²) >= 11 is 0. The highest BCUT2D eigenvalue weighted by Crippen LogP contribution is 2.28. The van der Waals surface area contributed by atoms with Gasteiger partial charge < -0.3 is 35.4 Å². The third-order valence-electron chi connectivity index (χ3n) is 10.4. The van der Waals surface area contributed by atoms with Gasteiger partial charge in [-0.15, -0.1) is 0 Å². The van der Waals surface area contributed by atoms with Crippen molar-refractivity contribution in [1.29, 1.82) is 0 Å². The molecule has 0 spiro atoms. The maximum atomic E-state index is 14.4. The van der Waals surface area contributed by atoms with E-state index < -0.39 is 72.5 Å². The number of piperidine rings is 1. The zero-order valence-corrected chi connectivity index (χ0v) is 29.9. The fraction of sp³-hybridized carbons (Fsp3) is 0.649. The highest BCUT2D eigenvalue weighted by atomic mass is 16.5. The number of esters is 1. The lowest BCUT2D eigenvalue weighted by atomic mass is 9.99. The molecular formula is C37H52N6O8. The molecule has 0 unspecified atom stereocenters. The van der Waals surface area contributed by atoms with Crippen LogP contribution in [0.15, 0.2) is 30.3 Å². The van der Waals surface area contributed by atoms with Crippen LogP contribution in [0.4, 0.5) is 0 Å². The molecule has 0 aliphatic carbocycles. The van der Waals surface area contributed by atoms with E-state index in [4.69, 9.17) is 4.74 Å². The second kappa shape index (κ2) is 17.1. The Morgan fingerprint density at radius 1 is 0.882 bits per heavy atom. The summed E-state index contributed by atoms with van der Waals surface area (Å²) in [5.74, 6) is -3.56. The van der Waals surface area contributed by atoms with Gasteiger partial charge in [0.2, 0.25) is 35.4 Å². The summed E-state index contributed by atoms with van der Waals surface area (Å²) in [6, 6.07) is 3.18. The normalized spacial score (nSPS) is 28.3. The van der Waals surface area contributed by atoms with E-state index in [1.54, 1.807) is 6.92 Å². The predicted octanol–water partition coefficient (Wildman–Crippen LogP) is 1.06. The highest BCUT2D eigenvalue weighted by Gasteiger charge is 2.46. The van der Waals surface area contributed by atoms with Crippen molar-refractivity contribution >= 4 is 41.4 Å². The first-order valence-corrected chi connectivity index (χ1v) is 18.5. The van der Waals surface area contributed by atoms with Crippen LogP contribution in [0, 0.1) is 5.92 Å². The van der Waals surface area contributed by atoms with Crippen molar-refractivity contribution in [2.24, 2.45) is 5.92 Å². The lowest BCUT2D eigenvalue weighted by Gasteiger charge is -2.39. The molecule has 3 N–H and O–H groups in total. The number of hydrogen-bond donors (Lipinski definition) is 3. The van der Waals surface area contributed by atoms with Gasteiger partial charge in [-0.3, -0.25) is 28.8 Å². The van der Waals surface area contributed by atoms with Crippen molar-refractivity contribution in [2.45, 2.75) is 121 Å². The molecule has 6 amide bonds. The highest BCUT2D eigenvalue weighted by molar-refractivity contribution is 5.97. The molecule has 4 saturated heterocycles. The van der Waals surface area contributed by atoms with Crippen LogP contribution >= 0.6 is 0 Å². The molecule has 278 valence electrons. The molecule has 1 aromatic carbocycles. The molecule has 5 rings (SSSR count). The van der Waals surface area contributed by atoms with Crippen molar-refractivity contribution in [3.05, 3.63) is 35.9 Å². The molecule has 51 heavy (non-hydrogen) atoms. The number of ether oxygens (including phenoxy) is 1. The van der Waals surface area contributed by atoms with E-state index in [0.717, 1.165) is 18.4 Å². The van der Waals surface area contributed by atoms with E-state index in [1.165, 1.54) is 14.7 Å². The molecule has 14 nitrogen and oxygen atoms in total. The Balaban J connectivity index is 1.46. The van der Waals surface area contributed by atoms with Gasteiger partial charge in [0.1, 0.15) is 42.9 Å². The van der Waals surface area contributed by atoms with Gasteiger partial charge in [-0.1, -0.05) is 50.6 Å². The molecule has 0 bridgehead atoms. The number of amides is 6. The number of unbranched alkanes of at least 4 members (excludes halogenated alkanes) is 1. The zero-order valence-electron chi connectivity index (χ0n) is 29.9. The van der Waals surface area contributed by atoms with E-state index in [0.29, 0.717) is 45.1 Å². The van der Waals surface area contributed by atoms with Crippen LogP contribution in [0.2, 0.25) is 0 Å². The molecule has 14 heteroatoms. The number of nitrogens with one attached hydrogen (secondary N) is 3. The minimum atomic E-state index is -1.38. The number of benzene rings is 1. The van der Waals surface area contributed by atoms with Gasteiger partial charge in [0, 0.05) is 32.5 Å². The van der Waals surface area contributed by atoms with Gasteiger partial charge in [-0.25, -0.2) is 4.79 Å². The van der Waals surface area contributed by atoms with Crippen molar-refractivity contribution < 1.29 is 38.3 Å². The quantitative estimate of drug-likeness (QED) is 0.336. The molecule has 0 saturated carbocycles. The monoisotopic (exact) mass is 708 g/mol. The van der Waals surface area contributed by atoms with Crippen LogP contribution in [0.25, 0.3) is 0 Å². The predicted molar refractivity (Wildman–Crippen MR) is 185 cm³/mol.